The maximum absolute atomic E-state index is 12.9. The highest BCUT2D eigenvalue weighted by molar-refractivity contribution is 5.71. The number of esters is 3. The van der Waals surface area contributed by atoms with Crippen molar-refractivity contribution in [3.05, 3.63) is 0 Å². The number of hydrogen-bond acceptors (Lipinski definition) is 6. The molecule has 0 aliphatic rings. The Labute approximate surface area is 412 Å². The van der Waals surface area contributed by atoms with E-state index in [1.807, 2.05) is 0 Å². The molecule has 0 N–H and O–H groups in total. The minimum absolute atomic E-state index is 0.0616. The molecule has 6 nitrogen and oxygen atoms in total. The van der Waals surface area contributed by atoms with Crippen LogP contribution in [0, 0.1) is 5.92 Å². The first-order chi connectivity index (χ1) is 32.4. The lowest BCUT2D eigenvalue weighted by molar-refractivity contribution is -0.167. The van der Waals surface area contributed by atoms with Crippen molar-refractivity contribution in [2.75, 3.05) is 13.2 Å². The van der Waals surface area contributed by atoms with Gasteiger partial charge >= 0.3 is 17.9 Å². The molecule has 0 heterocycles. The smallest absolute Gasteiger partial charge is 0.306 e. The first-order valence-electron chi connectivity index (χ1n) is 29.9. The zero-order valence-electron chi connectivity index (χ0n) is 45.2. The fourth-order valence-electron chi connectivity index (χ4n) is 9.25. The molecule has 0 bridgehead atoms. The van der Waals surface area contributed by atoms with Crippen LogP contribution < -0.4 is 0 Å². The van der Waals surface area contributed by atoms with Crippen molar-refractivity contribution >= 4 is 17.9 Å². The summed E-state index contributed by atoms with van der Waals surface area (Å²) in [6, 6.07) is 0. The van der Waals surface area contributed by atoms with Gasteiger partial charge in [-0.05, 0) is 25.2 Å². The minimum atomic E-state index is -0.762. The van der Waals surface area contributed by atoms with Crippen LogP contribution in [0.3, 0.4) is 0 Å². The van der Waals surface area contributed by atoms with Crippen molar-refractivity contribution in [1.82, 2.24) is 0 Å². The van der Waals surface area contributed by atoms with Crippen molar-refractivity contribution in [3.8, 4) is 0 Å². The molecule has 0 saturated heterocycles. The summed E-state index contributed by atoms with van der Waals surface area (Å²) in [7, 11) is 0. The second kappa shape index (κ2) is 54.4. The van der Waals surface area contributed by atoms with E-state index in [2.05, 4.69) is 27.7 Å². The van der Waals surface area contributed by atoms with Crippen LogP contribution in [-0.4, -0.2) is 37.2 Å². The molecule has 1 unspecified atom stereocenters. The van der Waals surface area contributed by atoms with Gasteiger partial charge in [-0.1, -0.05) is 304 Å². The predicted molar refractivity (Wildman–Crippen MR) is 284 cm³/mol. The second-order valence-electron chi connectivity index (χ2n) is 20.9. The molecule has 0 spiro atoms. The Morgan fingerprint density at radius 3 is 0.788 bits per heavy atom. The zero-order chi connectivity index (χ0) is 48.1. The summed E-state index contributed by atoms with van der Waals surface area (Å²) in [6.07, 6.45) is 59.4. The van der Waals surface area contributed by atoms with E-state index in [-0.39, 0.29) is 31.1 Å². The first kappa shape index (κ1) is 64.4. The van der Waals surface area contributed by atoms with E-state index >= 15 is 0 Å². The Kier molecular flexibility index (Phi) is 53.0. The summed E-state index contributed by atoms with van der Waals surface area (Å²) in [6.45, 7) is 9.11. The van der Waals surface area contributed by atoms with Gasteiger partial charge in [-0.25, -0.2) is 0 Å². The Hall–Kier alpha value is -1.59. The SMILES string of the molecule is CCCCCCCCCCCCCCCCCCC(=O)OC[C@H](COC(=O)CCCCCCCCCCCCCCCC)OC(=O)CCCCCCCCCCCCCCCCC(C)CC. The molecular weight excluding hydrogens is 817 g/mol. The lowest BCUT2D eigenvalue weighted by atomic mass is 9.99. The van der Waals surface area contributed by atoms with Gasteiger partial charge in [0.15, 0.2) is 6.10 Å². The normalized spacial score (nSPS) is 12.4. The number of unbranched alkanes of at least 4 members (excludes halogenated alkanes) is 41. The van der Waals surface area contributed by atoms with E-state index in [1.54, 1.807) is 0 Å². The van der Waals surface area contributed by atoms with Crippen molar-refractivity contribution in [2.24, 2.45) is 5.92 Å². The summed E-state index contributed by atoms with van der Waals surface area (Å²) < 4.78 is 16.9. The van der Waals surface area contributed by atoms with Crippen molar-refractivity contribution in [3.63, 3.8) is 0 Å². The van der Waals surface area contributed by atoms with Crippen molar-refractivity contribution < 1.29 is 28.6 Å². The fraction of sp³-hybridized carbons (Fsp3) is 0.950. The molecular formula is C60H116O6. The molecule has 0 rings (SSSR count). The molecule has 0 amide bonds. The van der Waals surface area contributed by atoms with Gasteiger partial charge in [0.1, 0.15) is 13.2 Å². The maximum atomic E-state index is 12.9. The fourth-order valence-corrected chi connectivity index (χ4v) is 9.25. The average molecular weight is 934 g/mol. The van der Waals surface area contributed by atoms with E-state index in [0.717, 1.165) is 63.7 Å². The second-order valence-corrected chi connectivity index (χ2v) is 20.9. The lowest BCUT2D eigenvalue weighted by Crippen LogP contribution is -2.30. The van der Waals surface area contributed by atoms with Crippen LogP contribution in [0.2, 0.25) is 0 Å². The van der Waals surface area contributed by atoms with E-state index in [1.165, 1.54) is 238 Å². The highest BCUT2D eigenvalue weighted by Gasteiger charge is 2.19. The Morgan fingerprint density at radius 1 is 0.303 bits per heavy atom. The molecule has 6 heteroatoms. The van der Waals surface area contributed by atoms with Crippen LogP contribution in [-0.2, 0) is 28.6 Å². The summed E-state index contributed by atoms with van der Waals surface area (Å²) in [5, 5.41) is 0. The minimum Gasteiger partial charge on any atom is -0.462 e. The van der Waals surface area contributed by atoms with Gasteiger partial charge in [0, 0.05) is 19.3 Å². The first-order valence-corrected chi connectivity index (χ1v) is 29.9. The summed E-state index contributed by atoms with van der Waals surface area (Å²) in [5.41, 5.74) is 0. The van der Waals surface area contributed by atoms with Gasteiger partial charge < -0.3 is 14.2 Å². The molecule has 2 atom stereocenters. The van der Waals surface area contributed by atoms with Gasteiger partial charge in [0.05, 0.1) is 0 Å². The van der Waals surface area contributed by atoms with E-state index in [9.17, 15) is 14.4 Å². The number of rotatable bonds is 55. The molecule has 66 heavy (non-hydrogen) atoms. The molecule has 0 aromatic rings. The molecule has 0 fully saturated rings. The molecule has 0 saturated carbocycles. The number of ether oxygens (including phenoxy) is 3. The van der Waals surface area contributed by atoms with Crippen molar-refractivity contribution in [1.29, 1.82) is 0 Å². The predicted octanol–water partition coefficient (Wildman–Crippen LogP) is 19.8. The number of carbonyl (C=O) groups is 3. The van der Waals surface area contributed by atoms with E-state index in [4.69, 9.17) is 14.2 Å². The maximum Gasteiger partial charge on any atom is 0.306 e. The highest BCUT2D eigenvalue weighted by atomic mass is 16.6. The van der Waals surface area contributed by atoms with Gasteiger partial charge in [-0.3, -0.25) is 14.4 Å². The highest BCUT2D eigenvalue weighted by Crippen LogP contribution is 2.19. The zero-order valence-corrected chi connectivity index (χ0v) is 45.2. The summed E-state index contributed by atoms with van der Waals surface area (Å²) in [5.74, 6) is 0.0623. The lowest BCUT2D eigenvalue weighted by Gasteiger charge is -2.18. The third-order valence-corrected chi connectivity index (χ3v) is 14.2. The van der Waals surface area contributed by atoms with Crippen molar-refractivity contribution in [2.45, 2.75) is 348 Å². The van der Waals surface area contributed by atoms with E-state index in [0.29, 0.717) is 19.3 Å². The third-order valence-electron chi connectivity index (χ3n) is 14.2. The van der Waals surface area contributed by atoms with Crippen LogP contribution >= 0.6 is 0 Å². The van der Waals surface area contributed by atoms with Crippen LogP contribution in [0.15, 0.2) is 0 Å². The Morgan fingerprint density at radius 2 is 0.530 bits per heavy atom. The largest absolute Gasteiger partial charge is 0.462 e. The summed E-state index contributed by atoms with van der Waals surface area (Å²) in [4.78, 5) is 38.2. The van der Waals surface area contributed by atoms with Gasteiger partial charge in [0.25, 0.3) is 0 Å². The standard InChI is InChI=1S/C60H116O6/c1-5-8-10-12-14-16-18-20-22-23-28-32-36-40-44-48-52-59(62)65-55-57(54-64-58(61)51-47-43-39-35-31-27-21-19-17-15-13-11-9-6-2)66-60(63)53-49-45-41-37-33-29-25-24-26-30-34-38-42-46-50-56(4)7-3/h56-57H,5-55H2,1-4H3/t56?,57-/m0/s1. The van der Waals surface area contributed by atoms with Gasteiger partial charge in [-0.15, -0.1) is 0 Å². The Balaban J connectivity index is 4.29. The number of carbonyl (C=O) groups excluding carboxylic acids is 3. The van der Waals surface area contributed by atoms with Crippen LogP contribution in [0.25, 0.3) is 0 Å². The molecule has 392 valence electrons. The van der Waals surface area contributed by atoms with E-state index < -0.39 is 6.10 Å². The van der Waals surface area contributed by atoms with Crippen LogP contribution in [0.4, 0.5) is 0 Å². The third kappa shape index (κ3) is 51.8. The molecule has 0 aliphatic carbocycles. The Bertz CT molecular complexity index is 998. The molecule has 0 radical (unpaired) electrons. The van der Waals surface area contributed by atoms with Crippen LogP contribution in [0.5, 0.6) is 0 Å². The topological polar surface area (TPSA) is 78.9 Å². The van der Waals surface area contributed by atoms with Gasteiger partial charge in [-0.2, -0.15) is 0 Å². The monoisotopic (exact) mass is 933 g/mol. The molecule has 0 aromatic carbocycles. The van der Waals surface area contributed by atoms with Crippen LogP contribution in [0.1, 0.15) is 342 Å². The number of hydrogen-bond donors (Lipinski definition) is 0. The van der Waals surface area contributed by atoms with Gasteiger partial charge in [0.2, 0.25) is 0 Å². The quantitative estimate of drug-likeness (QED) is 0.0343. The molecule has 0 aromatic heterocycles. The average Bonchev–Trinajstić information content (AvgIpc) is 3.32. The molecule has 0 aliphatic heterocycles. The summed E-state index contributed by atoms with van der Waals surface area (Å²) >= 11 is 0.